The van der Waals surface area contributed by atoms with Crippen molar-refractivity contribution < 1.29 is 13.9 Å². The fraction of sp³-hybridized carbons (Fsp3) is 0.562. The molecule has 1 N–H and O–H groups in total. The number of piperidine rings is 1. The van der Waals surface area contributed by atoms with E-state index in [1.54, 1.807) is 0 Å². The number of carbonyl (C=O) groups excluding carboxylic acids is 1. The van der Waals surface area contributed by atoms with E-state index in [0.29, 0.717) is 6.04 Å². The van der Waals surface area contributed by atoms with E-state index in [1.165, 1.54) is 9.13 Å². The smallest absolute Gasteiger partial charge is 0.311 e. The molecule has 2 unspecified atom stereocenters. The number of hydrogen-bond donors (Lipinski definition) is 1. The van der Waals surface area contributed by atoms with Gasteiger partial charge < -0.3 is 10.1 Å². The predicted octanol–water partition coefficient (Wildman–Crippen LogP) is 3.03. The summed E-state index contributed by atoms with van der Waals surface area (Å²) in [4.78, 5) is 12.4. The molecular weight excluding hydrogens is 384 g/mol. The van der Waals surface area contributed by atoms with E-state index in [9.17, 15) is 9.18 Å². The predicted molar refractivity (Wildman–Crippen MR) is 86.9 cm³/mol. The molecule has 2 fully saturated rings. The fourth-order valence-electron chi connectivity index (χ4n) is 3.67. The van der Waals surface area contributed by atoms with Crippen molar-refractivity contribution in [1.82, 2.24) is 5.32 Å². The zero-order valence-corrected chi connectivity index (χ0v) is 13.9. The molecule has 0 aromatic heterocycles. The van der Waals surface area contributed by atoms with Crippen LogP contribution in [0.3, 0.4) is 0 Å². The van der Waals surface area contributed by atoms with E-state index >= 15 is 0 Å². The molecule has 5 heteroatoms. The van der Waals surface area contributed by atoms with Crippen LogP contribution in [0.4, 0.5) is 4.39 Å². The number of carbonyl (C=O) groups is 1. The highest BCUT2D eigenvalue weighted by atomic mass is 127. The highest BCUT2D eigenvalue weighted by Crippen LogP contribution is 2.42. The number of nitrogens with one attached hydrogen (secondary N) is 1. The van der Waals surface area contributed by atoms with Crippen LogP contribution in [-0.2, 0) is 9.53 Å². The summed E-state index contributed by atoms with van der Waals surface area (Å²) >= 11 is 2.28. The Morgan fingerprint density at radius 1 is 1.33 bits per heavy atom. The monoisotopic (exact) mass is 403 g/mol. The van der Waals surface area contributed by atoms with Crippen LogP contribution in [0.25, 0.3) is 0 Å². The van der Waals surface area contributed by atoms with Crippen molar-refractivity contribution in [3.8, 4) is 0 Å². The molecule has 0 radical (unpaired) electrons. The van der Waals surface area contributed by atoms with Gasteiger partial charge in [-0.05, 0) is 59.5 Å². The molecule has 0 saturated carbocycles. The van der Waals surface area contributed by atoms with Crippen LogP contribution in [0.2, 0.25) is 0 Å². The lowest BCUT2D eigenvalue weighted by molar-refractivity contribution is -0.151. The first kappa shape index (κ1) is 15.2. The lowest BCUT2D eigenvalue weighted by atomic mass is 9.77. The van der Waals surface area contributed by atoms with Crippen LogP contribution in [-0.4, -0.2) is 31.3 Å². The van der Waals surface area contributed by atoms with Crippen LogP contribution in [0.15, 0.2) is 24.3 Å². The third-order valence-electron chi connectivity index (χ3n) is 4.57. The number of halogens is 2. The van der Waals surface area contributed by atoms with Gasteiger partial charge in [0.25, 0.3) is 0 Å². The summed E-state index contributed by atoms with van der Waals surface area (Å²) in [5.41, 5.74) is 1.19. The summed E-state index contributed by atoms with van der Waals surface area (Å²) in [6, 6.07) is 9.01. The van der Waals surface area contributed by atoms with Gasteiger partial charge in [0.05, 0.1) is 5.92 Å². The van der Waals surface area contributed by atoms with Crippen LogP contribution < -0.4 is 5.32 Å². The van der Waals surface area contributed by atoms with Crippen LogP contribution in [0.1, 0.15) is 30.7 Å². The maximum atomic E-state index is 12.4. The average molecular weight is 403 g/mol. The molecule has 2 saturated heterocycles. The Kier molecular flexibility index (Phi) is 4.78. The minimum absolute atomic E-state index is 0.134. The molecule has 2 aliphatic rings. The molecule has 21 heavy (non-hydrogen) atoms. The molecule has 114 valence electrons. The molecule has 1 aromatic carbocycles. The minimum Gasteiger partial charge on any atom is -0.463 e. The van der Waals surface area contributed by atoms with Crippen molar-refractivity contribution in [2.45, 2.75) is 37.3 Å². The Morgan fingerprint density at radius 2 is 2.10 bits per heavy atom. The van der Waals surface area contributed by atoms with Crippen molar-refractivity contribution in [3.63, 3.8) is 0 Å². The summed E-state index contributed by atoms with van der Waals surface area (Å²) in [6.07, 6.45) is 3.06. The van der Waals surface area contributed by atoms with Crippen molar-refractivity contribution >= 4 is 28.6 Å². The number of ether oxygens (including phenoxy) is 1. The maximum Gasteiger partial charge on any atom is 0.311 e. The summed E-state index contributed by atoms with van der Waals surface area (Å²) in [5, 5.41) is 3.51. The maximum absolute atomic E-state index is 12.4. The minimum atomic E-state index is -0.618. The SMILES string of the molecule is O=C(OCCF)[C@@H]1C2CCC(C[C@@H]1c1ccc(I)cc1)N2. The summed E-state index contributed by atoms with van der Waals surface area (Å²) in [6.45, 7) is -0.752. The lowest BCUT2D eigenvalue weighted by Crippen LogP contribution is -2.48. The Bertz CT molecular complexity index is 508. The fourth-order valence-corrected chi connectivity index (χ4v) is 4.03. The molecule has 2 bridgehead atoms. The first-order valence-electron chi connectivity index (χ1n) is 7.43. The molecule has 4 atom stereocenters. The second kappa shape index (κ2) is 6.60. The Labute approximate surface area is 137 Å². The molecule has 3 rings (SSSR count). The molecular formula is C16H19FINO2. The molecule has 1 aromatic rings. The highest BCUT2D eigenvalue weighted by Gasteiger charge is 2.46. The van der Waals surface area contributed by atoms with E-state index < -0.39 is 6.67 Å². The molecule has 3 nitrogen and oxygen atoms in total. The van der Waals surface area contributed by atoms with Gasteiger partial charge in [-0.25, -0.2) is 4.39 Å². The van der Waals surface area contributed by atoms with Gasteiger partial charge >= 0.3 is 5.97 Å². The number of rotatable bonds is 4. The van der Waals surface area contributed by atoms with Crippen molar-refractivity contribution in [1.29, 1.82) is 0 Å². The molecule has 0 spiro atoms. The van der Waals surface area contributed by atoms with E-state index in [0.717, 1.165) is 19.3 Å². The molecule has 0 amide bonds. The van der Waals surface area contributed by atoms with E-state index in [-0.39, 0.29) is 30.5 Å². The first-order chi connectivity index (χ1) is 10.2. The van der Waals surface area contributed by atoms with E-state index in [4.69, 9.17) is 4.74 Å². The Balaban J connectivity index is 1.84. The van der Waals surface area contributed by atoms with Crippen molar-refractivity contribution in [3.05, 3.63) is 33.4 Å². The van der Waals surface area contributed by atoms with E-state index in [2.05, 4.69) is 52.2 Å². The van der Waals surface area contributed by atoms with Gasteiger partial charge in [0.2, 0.25) is 0 Å². The summed E-state index contributed by atoms with van der Waals surface area (Å²) in [7, 11) is 0. The normalized spacial score (nSPS) is 31.1. The van der Waals surface area contributed by atoms with Gasteiger partial charge in [0.15, 0.2) is 0 Å². The second-order valence-electron chi connectivity index (χ2n) is 5.82. The standard InChI is InChI=1S/C16H19FINO2/c17-7-8-21-16(20)15-13(9-12-5-6-14(15)19-12)10-1-3-11(18)4-2-10/h1-4,12-15,19H,5-9H2/t12?,13-,14?,15+/m1/s1. The summed E-state index contributed by atoms with van der Waals surface area (Å²) < 4.78 is 18.6. The van der Waals surface area contributed by atoms with Crippen LogP contribution in [0, 0.1) is 9.49 Å². The molecule has 2 aliphatic heterocycles. The van der Waals surface area contributed by atoms with Crippen molar-refractivity contribution in [2.24, 2.45) is 5.92 Å². The van der Waals surface area contributed by atoms with Gasteiger partial charge in [-0.15, -0.1) is 0 Å². The molecule has 0 aliphatic carbocycles. The largest absolute Gasteiger partial charge is 0.463 e. The van der Waals surface area contributed by atoms with Crippen LogP contribution in [0.5, 0.6) is 0 Å². The van der Waals surface area contributed by atoms with Crippen LogP contribution >= 0.6 is 22.6 Å². The number of benzene rings is 1. The average Bonchev–Trinajstić information content (AvgIpc) is 2.87. The third kappa shape index (κ3) is 3.23. The van der Waals surface area contributed by atoms with Crippen molar-refractivity contribution in [2.75, 3.05) is 13.3 Å². The first-order valence-corrected chi connectivity index (χ1v) is 8.51. The second-order valence-corrected chi connectivity index (χ2v) is 7.07. The van der Waals surface area contributed by atoms with Gasteiger partial charge in [-0.2, -0.15) is 0 Å². The van der Waals surface area contributed by atoms with Gasteiger partial charge in [-0.1, -0.05) is 12.1 Å². The summed E-state index contributed by atoms with van der Waals surface area (Å²) in [5.74, 6) is -0.280. The third-order valence-corrected chi connectivity index (χ3v) is 5.29. The van der Waals surface area contributed by atoms with Gasteiger partial charge in [0.1, 0.15) is 13.3 Å². The zero-order chi connectivity index (χ0) is 14.8. The molecule has 2 heterocycles. The zero-order valence-electron chi connectivity index (χ0n) is 11.7. The number of hydrogen-bond acceptors (Lipinski definition) is 3. The Hall–Kier alpha value is -0.690. The topological polar surface area (TPSA) is 38.3 Å². The quantitative estimate of drug-likeness (QED) is 0.621. The Morgan fingerprint density at radius 3 is 2.81 bits per heavy atom. The number of alkyl halides is 1. The lowest BCUT2D eigenvalue weighted by Gasteiger charge is -2.36. The van der Waals surface area contributed by atoms with E-state index in [1.807, 2.05) is 0 Å². The highest BCUT2D eigenvalue weighted by molar-refractivity contribution is 14.1. The van der Waals surface area contributed by atoms with Gasteiger partial charge in [0, 0.05) is 21.6 Å². The van der Waals surface area contributed by atoms with Gasteiger partial charge in [-0.3, -0.25) is 4.79 Å². The number of fused-ring (bicyclic) bond motifs is 2. The number of esters is 1.